The lowest BCUT2D eigenvalue weighted by atomic mass is 9.55. The Balaban J connectivity index is 2.34. The number of Topliss-reactive ketones (excluding diaryl/α,β-unsaturated/α-hetero) is 2. The number of carbonyl (C=O) groups excluding carboxylic acids is 2. The van der Waals surface area contributed by atoms with E-state index in [0.29, 0.717) is 11.6 Å². The molecule has 2 aliphatic carbocycles. The topological polar surface area (TPSA) is 34.1 Å². The van der Waals surface area contributed by atoms with E-state index in [9.17, 15) is 9.59 Å². The fourth-order valence-corrected chi connectivity index (χ4v) is 3.45. The van der Waals surface area contributed by atoms with E-state index >= 15 is 0 Å². The standard InChI is InChI=1S/C13H20O2/c1-12(2)6-8-5-9(10(12)14)7-13(3,4)11(8)15/h8-9H,5-7H2,1-4H3/t8-,9-/m1/s1. The minimum atomic E-state index is -0.278. The summed E-state index contributed by atoms with van der Waals surface area (Å²) in [6, 6.07) is 0. The van der Waals surface area contributed by atoms with Crippen LogP contribution in [0.15, 0.2) is 0 Å². The molecular weight excluding hydrogens is 188 g/mol. The van der Waals surface area contributed by atoms with Gasteiger partial charge in [-0.1, -0.05) is 27.7 Å². The van der Waals surface area contributed by atoms with Crippen LogP contribution in [0.5, 0.6) is 0 Å². The fraction of sp³-hybridized carbons (Fsp3) is 0.846. The van der Waals surface area contributed by atoms with Crippen molar-refractivity contribution in [2.24, 2.45) is 22.7 Å². The highest BCUT2D eigenvalue weighted by Crippen LogP contribution is 2.49. The minimum absolute atomic E-state index is 0.131. The molecule has 0 N–H and O–H groups in total. The second kappa shape index (κ2) is 2.93. The van der Waals surface area contributed by atoms with Crippen molar-refractivity contribution in [3.05, 3.63) is 0 Å². The van der Waals surface area contributed by atoms with E-state index in [4.69, 9.17) is 0 Å². The molecule has 0 aromatic rings. The summed E-state index contributed by atoms with van der Waals surface area (Å²) in [5, 5.41) is 0. The molecular formula is C13H20O2. The van der Waals surface area contributed by atoms with Gasteiger partial charge in [-0.05, 0) is 19.3 Å². The van der Waals surface area contributed by atoms with Crippen LogP contribution in [0.4, 0.5) is 0 Å². The third-order valence-corrected chi connectivity index (χ3v) is 4.16. The molecule has 0 amide bonds. The fourth-order valence-electron chi connectivity index (χ4n) is 3.45. The van der Waals surface area contributed by atoms with E-state index < -0.39 is 0 Å². The number of rotatable bonds is 0. The van der Waals surface area contributed by atoms with Crippen molar-refractivity contribution in [1.82, 2.24) is 0 Å². The summed E-state index contributed by atoms with van der Waals surface area (Å²) in [4.78, 5) is 24.3. The molecule has 2 saturated carbocycles. The molecule has 0 unspecified atom stereocenters. The highest BCUT2D eigenvalue weighted by molar-refractivity contribution is 5.95. The van der Waals surface area contributed by atoms with Crippen molar-refractivity contribution >= 4 is 11.6 Å². The average Bonchev–Trinajstić information content (AvgIpc) is 2.09. The van der Waals surface area contributed by atoms with Crippen molar-refractivity contribution in [1.29, 1.82) is 0 Å². The number of carbonyl (C=O) groups is 2. The zero-order chi connectivity index (χ0) is 11.4. The van der Waals surface area contributed by atoms with Gasteiger partial charge in [0.2, 0.25) is 0 Å². The third-order valence-electron chi connectivity index (χ3n) is 4.16. The predicted octanol–water partition coefficient (Wildman–Crippen LogP) is 2.61. The number of hydrogen-bond donors (Lipinski definition) is 0. The van der Waals surface area contributed by atoms with Gasteiger partial charge in [0, 0.05) is 22.7 Å². The Morgan fingerprint density at radius 2 is 1.20 bits per heavy atom. The zero-order valence-electron chi connectivity index (χ0n) is 10.1. The number of hydrogen-bond acceptors (Lipinski definition) is 2. The molecule has 0 aromatic carbocycles. The maximum absolute atomic E-state index is 12.1. The lowest BCUT2D eigenvalue weighted by Crippen LogP contribution is -2.50. The summed E-state index contributed by atoms with van der Waals surface area (Å²) >= 11 is 0. The summed E-state index contributed by atoms with van der Waals surface area (Å²) in [5.41, 5.74) is -0.556. The molecule has 84 valence electrons. The minimum Gasteiger partial charge on any atom is -0.299 e. The molecule has 2 rings (SSSR count). The van der Waals surface area contributed by atoms with Gasteiger partial charge >= 0.3 is 0 Å². The van der Waals surface area contributed by atoms with Gasteiger partial charge in [0.05, 0.1) is 0 Å². The number of fused-ring (bicyclic) bond motifs is 2. The van der Waals surface area contributed by atoms with E-state index in [2.05, 4.69) is 0 Å². The van der Waals surface area contributed by atoms with E-state index in [1.165, 1.54) is 0 Å². The first kappa shape index (κ1) is 10.8. The molecule has 15 heavy (non-hydrogen) atoms. The molecule has 2 nitrogen and oxygen atoms in total. The Labute approximate surface area is 91.4 Å². The second-order valence-corrected chi connectivity index (χ2v) is 6.53. The molecule has 0 saturated heterocycles. The monoisotopic (exact) mass is 208 g/mol. The molecule has 0 heterocycles. The van der Waals surface area contributed by atoms with Crippen LogP contribution in [0, 0.1) is 22.7 Å². The lowest BCUT2D eigenvalue weighted by Gasteiger charge is -2.46. The van der Waals surface area contributed by atoms with Crippen LogP contribution in [0.1, 0.15) is 47.0 Å². The van der Waals surface area contributed by atoms with Gasteiger partial charge in [0.25, 0.3) is 0 Å². The van der Waals surface area contributed by atoms with Crippen LogP contribution in [0.25, 0.3) is 0 Å². The van der Waals surface area contributed by atoms with Crippen molar-refractivity contribution in [3.8, 4) is 0 Å². The van der Waals surface area contributed by atoms with Gasteiger partial charge in [-0.3, -0.25) is 9.59 Å². The van der Waals surface area contributed by atoms with Gasteiger partial charge in [0.15, 0.2) is 0 Å². The van der Waals surface area contributed by atoms with Crippen LogP contribution >= 0.6 is 0 Å². The van der Waals surface area contributed by atoms with Gasteiger partial charge in [0.1, 0.15) is 11.6 Å². The van der Waals surface area contributed by atoms with Gasteiger partial charge in [-0.25, -0.2) is 0 Å². The zero-order valence-corrected chi connectivity index (χ0v) is 10.1. The molecule has 0 aromatic heterocycles. The molecule has 0 aliphatic heterocycles. The highest BCUT2D eigenvalue weighted by Gasteiger charge is 2.52. The average molecular weight is 208 g/mol. The Morgan fingerprint density at radius 1 is 0.867 bits per heavy atom. The quantitative estimate of drug-likeness (QED) is 0.613. The normalized spacial score (nSPS) is 37.9. The predicted molar refractivity (Wildman–Crippen MR) is 58.4 cm³/mol. The first-order valence-corrected chi connectivity index (χ1v) is 5.83. The number of ketones is 2. The summed E-state index contributed by atoms with van der Waals surface area (Å²) in [6.07, 6.45) is 2.32. The summed E-state index contributed by atoms with van der Waals surface area (Å²) < 4.78 is 0. The first-order chi connectivity index (χ1) is 6.74. The van der Waals surface area contributed by atoms with Crippen LogP contribution in [-0.4, -0.2) is 11.6 Å². The SMILES string of the molecule is CC1(C)C[C@H]2C[C@H](CC(C)(C)C2=O)C1=O. The Morgan fingerprint density at radius 3 is 1.53 bits per heavy atom. The maximum Gasteiger partial charge on any atom is 0.141 e. The van der Waals surface area contributed by atoms with E-state index in [1.807, 2.05) is 27.7 Å². The molecule has 0 radical (unpaired) electrons. The van der Waals surface area contributed by atoms with Crippen molar-refractivity contribution in [2.75, 3.05) is 0 Å². The van der Waals surface area contributed by atoms with E-state index in [-0.39, 0.29) is 22.7 Å². The molecule has 2 bridgehead atoms. The summed E-state index contributed by atoms with van der Waals surface area (Å²) in [7, 11) is 0. The first-order valence-electron chi connectivity index (χ1n) is 5.83. The highest BCUT2D eigenvalue weighted by atomic mass is 16.1. The van der Waals surface area contributed by atoms with Crippen LogP contribution in [0.3, 0.4) is 0 Å². The summed E-state index contributed by atoms with van der Waals surface area (Å²) in [5.74, 6) is 1.01. The molecule has 2 fully saturated rings. The Hall–Kier alpha value is -0.660. The molecule has 2 aliphatic rings. The van der Waals surface area contributed by atoms with E-state index in [0.717, 1.165) is 19.3 Å². The van der Waals surface area contributed by atoms with Crippen LogP contribution in [-0.2, 0) is 9.59 Å². The summed E-state index contributed by atoms with van der Waals surface area (Å²) in [6.45, 7) is 7.94. The Bertz CT molecular complexity index is 293. The lowest BCUT2D eigenvalue weighted by molar-refractivity contribution is -0.151. The van der Waals surface area contributed by atoms with Crippen LogP contribution < -0.4 is 0 Å². The molecule has 0 spiro atoms. The van der Waals surface area contributed by atoms with Gasteiger partial charge in [-0.15, -0.1) is 0 Å². The van der Waals surface area contributed by atoms with Crippen molar-refractivity contribution < 1.29 is 9.59 Å². The third kappa shape index (κ3) is 1.54. The Kier molecular flexibility index (Phi) is 2.12. The maximum atomic E-state index is 12.1. The second-order valence-electron chi connectivity index (χ2n) is 6.53. The van der Waals surface area contributed by atoms with Gasteiger partial charge in [-0.2, -0.15) is 0 Å². The van der Waals surface area contributed by atoms with Crippen molar-refractivity contribution in [3.63, 3.8) is 0 Å². The van der Waals surface area contributed by atoms with Crippen molar-refractivity contribution in [2.45, 2.75) is 47.0 Å². The van der Waals surface area contributed by atoms with E-state index in [1.54, 1.807) is 0 Å². The van der Waals surface area contributed by atoms with Gasteiger partial charge < -0.3 is 0 Å². The molecule has 2 atom stereocenters. The van der Waals surface area contributed by atoms with Crippen LogP contribution in [0.2, 0.25) is 0 Å². The molecule has 2 heteroatoms. The smallest absolute Gasteiger partial charge is 0.141 e. The largest absolute Gasteiger partial charge is 0.299 e.